The Morgan fingerprint density at radius 3 is 2.44 bits per heavy atom. The molecule has 2 nitrogen and oxygen atoms in total. The topological polar surface area (TPSA) is 18.5 Å². The van der Waals surface area contributed by atoms with Crippen LogP contribution in [-0.2, 0) is 9.47 Å². The minimum atomic E-state index is -4.20. The lowest BCUT2D eigenvalue weighted by atomic mass is 10.0. The summed E-state index contributed by atoms with van der Waals surface area (Å²) in [6.45, 7) is 5.07. The number of alkyl halides is 3. The molecule has 0 aliphatic carbocycles. The molecular weight excluding hydrogens is 221 g/mol. The number of allylic oxidation sites excluding steroid dienone is 1. The molecule has 5 heteroatoms. The molecule has 2 atom stereocenters. The second-order valence-electron chi connectivity index (χ2n) is 4.38. The lowest BCUT2D eigenvalue weighted by Crippen LogP contribution is -2.45. The predicted molar refractivity (Wildman–Crippen MR) is 53.9 cm³/mol. The van der Waals surface area contributed by atoms with Crippen molar-refractivity contribution in [2.45, 2.75) is 57.8 Å². The number of rotatable bonds is 2. The summed E-state index contributed by atoms with van der Waals surface area (Å²) >= 11 is 0. The molecule has 0 unspecified atom stereocenters. The largest absolute Gasteiger partial charge is 0.391 e. The zero-order valence-electron chi connectivity index (χ0n) is 9.67. The summed E-state index contributed by atoms with van der Waals surface area (Å²) in [5, 5.41) is 0. The molecule has 0 aromatic carbocycles. The number of halogens is 3. The molecule has 94 valence electrons. The van der Waals surface area contributed by atoms with Crippen molar-refractivity contribution >= 4 is 0 Å². The zero-order valence-corrected chi connectivity index (χ0v) is 9.67. The molecule has 0 spiro atoms. The van der Waals surface area contributed by atoms with Gasteiger partial charge in [-0.15, -0.1) is 0 Å². The molecular formula is C11H17F3O2. The molecule has 16 heavy (non-hydrogen) atoms. The van der Waals surface area contributed by atoms with E-state index in [1.54, 1.807) is 26.0 Å². The van der Waals surface area contributed by atoms with Gasteiger partial charge in [0.05, 0.1) is 18.6 Å². The summed E-state index contributed by atoms with van der Waals surface area (Å²) in [7, 11) is 0. The van der Waals surface area contributed by atoms with Gasteiger partial charge in [-0.2, -0.15) is 13.2 Å². The molecule has 0 N–H and O–H groups in total. The van der Waals surface area contributed by atoms with Crippen LogP contribution in [0.2, 0.25) is 0 Å². The van der Waals surface area contributed by atoms with E-state index in [1.165, 1.54) is 0 Å². The van der Waals surface area contributed by atoms with Crippen LogP contribution in [0.15, 0.2) is 12.2 Å². The van der Waals surface area contributed by atoms with E-state index in [0.717, 1.165) is 0 Å². The maximum atomic E-state index is 12.3. The van der Waals surface area contributed by atoms with Gasteiger partial charge in [-0.25, -0.2) is 0 Å². The third-order valence-corrected chi connectivity index (χ3v) is 2.25. The van der Waals surface area contributed by atoms with E-state index >= 15 is 0 Å². The van der Waals surface area contributed by atoms with Gasteiger partial charge in [-0.1, -0.05) is 12.2 Å². The molecule has 1 heterocycles. The Hall–Kier alpha value is -0.550. The second kappa shape index (κ2) is 4.75. The number of hydrogen-bond acceptors (Lipinski definition) is 2. The maximum Gasteiger partial charge on any atom is 0.391 e. The molecule has 0 aromatic heterocycles. The van der Waals surface area contributed by atoms with Crippen molar-refractivity contribution < 1.29 is 22.6 Å². The van der Waals surface area contributed by atoms with E-state index in [-0.39, 0.29) is 12.5 Å². The van der Waals surface area contributed by atoms with Crippen LogP contribution in [0.25, 0.3) is 0 Å². The van der Waals surface area contributed by atoms with Crippen molar-refractivity contribution in [3.63, 3.8) is 0 Å². The minimum absolute atomic E-state index is 0.243. The Morgan fingerprint density at radius 1 is 1.31 bits per heavy atom. The summed E-state index contributed by atoms with van der Waals surface area (Å²) < 4.78 is 47.5. The van der Waals surface area contributed by atoms with Gasteiger partial charge >= 0.3 is 6.18 Å². The normalized spacial score (nSPS) is 30.9. The number of ether oxygens (including phenoxy) is 2. The summed E-state index contributed by atoms with van der Waals surface area (Å²) in [4.78, 5) is 0. The van der Waals surface area contributed by atoms with E-state index in [1.807, 2.05) is 6.92 Å². The quantitative estimate of drug-likeness (QED) is 0.686. The summed E-state index contributed by atoms with van der Waals surface area (Å²) in [5.74, 6) is -0.960. The second-order valence-corrected chi connectivity index (χ2v) is 4.38. The molecule has 0 radical (unpaired) electrons. The maximum absolute atomic E-state index is 12.3. The van der Waals surface area contributed by atoms with Crippen LogP contribution in [0.5, 0.6) is 0 Å². The summed E-state index contributed by atoms with van der Waals surface area (Å²) in [5.41, 5.74) is 0. The molecule has 1 rings (SSSR count). The average molecular weight is 238 g/mol. The first-order valence-corrected chi connectivity index (χ1v) is 5.27. The summed E-state index contributed by atoms with van der Waals surface area (Å²) in [6, 6.07) is 0. The zero-order chi connectivity index (χ0) is 12.4. The Bertz CT molecular complexity index is 256. The van der Waals surface area contributed by atoms with Gasteiger partial charge in [0.25, 0.3) is 0 Å². The van der Waals surface area contributed by atoms with Gasteiger partial charge in [0.2, 0.25) is 0 Å². The molecule has 0 aromatic rings. The van der Waals surface area contributed by atoms with Crippen LogP contribution in [-0.4, -0.2) is 24.2 Å². The highest BCUT2D eigenvalue weighted by Crippen LogP contribution is 2.33. The standard InChI is InChI=1S/C11H17F3O2/c1-4-5-8-6-9(7-11(12,13)14)16-10(2,3)15-8/h4-5,8-9H,6-7H2,1-3H3/b5-4+/t8-,9-/m1/s1. The lowest BCUT2D eigenvalue weighted by Gasteiger charge is -2.40. The monoisotopic (exact) mass is 238 g/mol. The molecule has 1 aliphatic rings. The Labute approximate surface area is 93.4 Å². The van der Waals surface area contributed by atoms with Gasteiger partial charge in [0.15, 0.2) is 5.79 Å². The van der Waals surface area contributed by atoms with Gasteiger partial charge in [-0.3, -0.25) is 0 Å². The summed E-state index contributed by atoms with van der Waals surface area (Å²) in [6.07, 6.45) is -2.48. The number of hydrogen-bond donors (Lipinski definition) is 0. The highest BCUT2D eigenvalue weighted by molar-refractivity contribution is 4.92. The van der Waals surface area contributed by atoms with Crippen LogP contribution < -0.4 is 0 Å². The Kier molecular flexibility index (Phi) is 4.02. The van der Waals surface area contributed by atoms with E-state index in [9.17, 15) is 13.2 Å². The molecule has 0 saturated carbocycles. The average Bonchev–Trinajstić information content (AvgIpc) is 1.96. The lowest BCUT2D eigenvalue weighted by molar-refractivity contribution is -0.304. The minimum Gasteiger partial charge on any atom is -0.347 e. The van der Waals surface area contributed by atoms with Crippen molar-refractivity contribution in [1.29, 1.82) is 0 Å². The van der Waals surface area contributed by atoms with Crippen molar-refractivity contribution in [2.75, 3.05) is 0 Å². The van der Waals surface area contributed by atoms with Crippen LogP contribution >= 0.6 is 0 Å². The first-order valence-electron chi connectivity index (χ1n) is 5.27. The van der Waals surface area contributed by atoms with E-state index in [0.29, 0.717) is 0 Å². The molecule has 1 fully saturated rings. The van der Waals surface area contributed by atoms with Crippen molar-refractivity contribution in [3.8, 4) is 0 Å². The fourth-order valence-electron chi connectivity index (χ4n) is 1.86. The Balaban J connectivity index is 2.65. The fourth-order valence-corrected chi connectivity index (χ4v) is 1.86. The third kappa shape index (κ3) is 4.53. The van der Waals surface area contributed by atoms with Crippen LogP contribution in [0.4, 0.5) is 13.2 Å². The van der Waals surface area contributed by atoms with Crippen LogP contribution in [0, 0.1) is 0 Å². The molecule has 0 bridgehead atoms. The highest BCUT2D eigenvalue weighted by Gasteiger charge is 2.40. The molecule has 1 saturated heterocycles. The first kappa shape index (κ1) is 13.5. The van der Waals surface area contributed by atoms with Gasteiger partial charge < -0.3 is 9.47 Å². The SMILES string of the molecule is C/C=C/[C@@H]1C[C@H](CC(F)(F)F)OC(C)(C)O1. The van der Waals surface area contributed by atoms with Crippen LogP contribution in [0.3, 0.4) is 0 Å². The molecule has 0 amide bonds. The third-order valence-electron chi connectivity index (χ3n) is 2.25. The van der Waals surface area contributed by atoms with E-state index < -0.39 is 24.5 Å². The van der Waals surface area contributed by atoms with Gasteiger partial charge in [-0.05, 0) is 20.8 Å². The van der Waals surface area contributed by atoms with Crippen molar-refractivity contribution in [3.05, 3.63) is 12.2 Å². The van der Waals surface area contributed by atoms with E-state index in [4.69, 9.17) is 9.47 Å². The van der Waals surface area contributed by atoms with Crippen molar-refractivity contribution in [2.24, 2.45) is 0 Å². The highest BCUT2D eigenvalue weighted by atomic mass is 19.4. The van der Waals surface area contributed by atoms with E-state index in [2.05, 4.69) is 0 Å². The van der Waals surface area contributed by atoms with Crippen molar-refractivity contribution in [1.82, 2.24) is 0 Å². The predicted octanol–water partition coefficient (Wildman–Crippen LogP) is 3.43. The molecule has 1 aliphatic heterocycles. The Morgan fingerprint density at radius 2 is 1.94 bits per heavy atom. The fraction of sp³-hybridized carbons (Fsp3) is 0.818. The van der Waals surface area contributed by atoms with Gasteiger partial charge in [0.1, 0.15) is 0 Å². The van der Waals surface area contributed by atoms with Gasteiger partial charge in [0, 0.05) is 6.42 Å². The first-order chi connectivity index (χ1) is 7.22. The smallest absolute Gasteiger partial charge is 0.347 e. The van der Waals surface area contributed by atoms with Crippen LogP contribution in [0.1, 0.15) is 33.6 Å².